The van der Waals surface area contributed by atoms with Gasteiger partial charge in [0.2, 0.25) is 0 Å². The van der Waals surface area contributed by atoms with Crippen molar-refractivity contribution in [2.75, 3.05) is 46.4 Å². The van der Waals surface area contributed by atoms with E-state index in [1.807, 2.05) is 7.11 Å². The number of piperazine rings is 1. The molecule has 0 spiro atoms. The molecule has 1 aliphatic carbocycles. The Morgan fingerprint density at radius 2 is 1.48 bits per heavy atom. The minimum atomic E-state index is 0.606. The van der Waals surface area contributed by atoms with Crippen molar-refractivity contribution >= 4 is 0 Å². The molecule has 160 valence electrons. The van der Waals surface area contributed by atoms with E-state index in [0.717, 1.165) is 18.7 Å². The van der Waals surface area contributed by atoms with Crippen LogP contribution in [0.5, 0.6) is 0 Å². The van der Waals surface area contributed by atoms with Crippen molar-refractivity contribution < 1.29 is 4.74 Å². The highest BCUT2D eigenvalue weighted by molar-refractivity contribution is 4.91. The van der Waals surface area contributed by atoms with Crippen LogP contribution >= 0.6 is 0 Å². The first-order valence-electron chi connectivity index (χ1n) is 11.8. The summed E-state index contributed by atoms with van der Waals surface area (Å²) in [5.74, 6) is 0. The van der Waals surface area contributed by atoms with Crippen LogP contribution in [0.25, 0.3) is 0 Å². The molecule has 0 N–H and O–H groups in total. The van der Waals surface area contributed by atoms with E-state index < -0.39 is 0 Å². The second-order valence-electron chi connectivity index (χ2n) is 9.20. The van der Waals surface area contributed by atoms with E-state index in [4.69, 9.17) is 4.74 Å². The Bertz CT molecular complexity index is 376. The number of piperidine rings is 1. The molecule has 2 heterocycles. The van der Waals surface area contributed by atoms with E-state index in [9.17, 15) is 0 Å². The van der Waals surface area contributed by atoms with E-state index >= 15 is 0 Å². The van der Waals surface area contributed by atoms with Crippen LogP contribution in [0.2, 0.25) is 0 Å². The number of rotatable bonds is 5. The van der Waals surface area contributed by atoms with E-state index in [2.05, 4.69) is 42.4 Å². The maximum absolute atomic E-state index is 5.61. The third kappa shape index (κ3) is 6.99. The zero-order valence-electron chi connectivity index (χ0n) is 19.0. The molecular weight excluding hydrogens is 334 g/mol. The highest BCUT2D eigenvalue weighted by atomic mass is 16.5. The van der Waals surface area contributed by atoms with Gasteiger partial charge in [-0.3, -0.25) is 9.80 Å². The summed E-state index contributed by atoms with van der Waals surface area (Å²) in [4.78, 5) is 8.24. The predicted molar refractivity (Wildman–Crippen MR) is 117 cm³/mol. The van der Waals surface area contributed by atoms with Gasteiger partial charge < -0.3 is 9.64 Å². The minimum absolute atomic E-state index is 0.606. The normalized spacial score (nSPS) is 27.6. The number of hydrogen-bond donors (Lipinski definition) is 0. The smallest absolute Gasteiger partial charge is 0.0630 e. The first kappa shape index (κ1) is 23.1. The highest BCUT2D eigenvalue weighted by Crippen LogP contribution is 2.28. The number of ether oxygens (including phenoxy) is 1. The Kier molecular flexibility index (Phi) is 10.6. The van der Waals surface area contributed by atoms with Crippen molar-refractivity contribution in [2.45, 2.75) is 103 Å². The maximum Gasteiger partial charge on any atom is 0.0630 e. The van der Waals surface area contributed by atoms with Crippen LogP contribution < -0.4 is 0 Å². The number of nitrogens with zero attached hydrogens (tertiary/aromatic N) is 3. The molecule has 4 heteroatoms. The van der Waals surface area contributed by atoms with E-state index in [1.54, 1.807) is 0 Å². The molecule has 3 rings (SSSR count). The molecule has 0 aromatic carbocycles. The van der Waals surface area contributed by atoms with Crippen LogP contribution in [0.4, 0.5) is 0 Å². The topological polar surface area (TPSA) is 19.0 Å². The number of likely N-dealkylation sites (tertiary alicyclic amines) is 1. The minimum Gasteiger partial charge on any atom is -0.383 e. The standard InChI is InChI=1S/C20H39N3O.C3H8/c1-17(2)21-11-9-18(10-12-21)22-13-14-23(20(15-22)16-24-3)19-7-5-4-6-8-19;1-3-2/h17-20H,4-16H2,1-3H3;3H2,1-2H3. The fraction of sp³-hybridized carbons (Fsp3) is 1.00. The Labute approximate surface area is 169 Å². The molecule has 3 aliphatic rings. The lowest BCUT2D eigenvalue weighted by Crippen LogP contribution is -2.61. The largest absolute Gasteiger partial charge is 0.383 e. The average molecular weight is 382 g/mol. The zero-order chi connectivity index (χ0) is 19.6. The highest BCUT2D eigenvalue weighted by Gasteiger charge is 2.35. The van der Waals surface area contributed by atoms with E-state index in [0.29, 0.717) is 12.1 Å². The van der Waals surface area contributed by atoms with Crippen molar-refractivity contribution in [3.63, 3.8) is 0 Å². The zero-order valence-corrected chi connectivity index (χ0v) is 19.0. The van der Waals surface area contributed by atoms with Gasteiger partial charge in [0.15, 0.2) is 0 Å². The van der Waals surface area contributed by atoms with E-state index in [-0.39, 0.29) is 0 Å². The van der Waals surface area contributed by atoms with Crippen LogP contribution in [0.1, 0.15) is 79.1 Å². The predicted octanol–water partition coefficient (Wildman–Crippen LogP) is 4.24. The molecule has 0 amide bonds. The Hall–Kier alpha value is -0.160. The van der Waals surface area contributed by atoms with Gasteiger partial charge in [-0.1, -0.05) is 39.5 Å². The molecule has 0 bridgehead atoms. The summed E-state index contributed by atoms with van der Waals surface area (Å²) in [6, 6.07) is 2.93. The second-order valence-corrected chi connectivity index (χ2v) is 9.20. The van der Waals surface area contributed by atoms with Gasteiger partial charge >= 0.3 is 0 Å². The third-order valence-electron chi connectivity index (χ3n) is 6.71. The lowest BCUT2D eigenvalue weighted by atomic mass is 9.92. The molecule has 1 atom stereocenters. The van der Waals surface area contributed by atoms with Gasteiger partial charge in [-0.2, -0.15) is 0 Å². The van der Waals surface area contributed by atoms with Crippen LogP contribution in [-0.4, -0.2) is 85.3 Å². The quantitative estimate of drug-likeness (QED) is 0.709. The van der Waals surface area contributed by atoms with Gasteiger partial charge in [0.1, 0.15) is 0 Å². The summed E-state index contributed by atoms with van der Waals surface area (Å²) in [6.07, 6.45) is 11.1. The lowest BCUT2D eigenvalue weighted by Gasteiger charge is -2.49. The van der Waals surface area contributed by atoms with Gasteiger partial charge in [0.25, 0.3) is 0 Å². The molecule has 1 saturated carbocycles. The molecule has 0 aromatic heterocycles. The van der Waals surface area contributed by atoms with Gasteiger partial charge in [-0.05, 0) is 52.6 Å². The fourth-order valence-electron chi connectivity index (χ4n) is 5.23. The molecule has 0 radical (unpaired) electrons. The third-order valence-corrected chi connectivity index (χ3v) is 6.71. The van der Waals surface area contributed by atoms with Crippen LogP contribution in [0.3, 0.4) is 0 Å². The van der Waals surface area contributed by atoms with Crippen molar-refractivity contribution in [3.8, 4) is 0 Å². The van der Waals surface area contributed by atoms with Crippen molar-refractivity contribution in [1.82, 2.24) is 14.7 Å². The molecule has 2 aliphatic heterocycles. The average Bonchev–Trinajstić information content (AvgIpc) is 2.69. The summed E-state index contributed by atoms with van der Waals surface area (Å²) < 4.78 is 5.61. The van der Waals surface area contributed by atoms with Gasteiger partial charge in [0, 0.05) is 50.9 Å². The van der Waals surface area contributed by atoms with Crippen molar-refractivity contribution in [3.05, 3.63) is 0 Å². The molecule has 0 aromatic rings. The summed E-state index contributed by atoms with van der Waals surface area (Å²) >= 11 is 0. The summed E-state index contributed by atoms with van der Waals surface area (Å²) in [5, 5.41) is 0. The summed E-state index contributed by atoms with van der Waals surface area (Å²) in [6.45, 7) is 16.1. The molecule has 1 unspecified atom stereocenters. The maximum atomic E-state index is 5.61. The van der Waals surface area contributed by atoms with Gasteiger partial charge in [-0.15, -0.1) is 0 Å². The van der Waals surface area contributed by atoms with Crippen LogP contribution in [0.15, 0.2) is 0 Å². The van der Waals surface area contributed by atoms with Crippen molar-refractivity contribution in [2.24, 2.45) is 0 Å². The summed E-state index contributed by atoms with van der Waals surface area (Å²) in [5.41, 5.74) is 0. The Balaban J connectivity index is 0.000000817. The summed E-state index contributed by atoms with van der Waals surface area (Å²) in [7, 11) is 1.87. The lowest BCUT2D eigenvalue weighted by molar-refractivity contribution is -0.0312. The first-order valence-corrected chi connectivity index (χ1v) is 11.8. The SMILES string of the molecule is CCC.COCC1CN(C2CCN(C(C)C)CC2)CCN1C1CCCCC1. The van der Waals surface area contributed by atoms with Gasteiger partial charge in [0.05, 0.1) is 6.61 Å². The molecule has 27 heavy (non-hydrogen) atoms. The van der Waals surface area contributed by atoms with Crippen molar-refractivity contribution in [1.29, 1.82) is 0 Å². The fourth-order valence-corrected chi connectivity index (χ4v) is 5.23. The first-order chi connectivity index (χ1) is 13.1. The molecule has 2 saturated heterocycles. The van der Waals surface area contributed by atoms with Crippen LogP contribution in [-0.2, 0) is 4.74 Å². The Morgan fingerprint density at radius 1 is 0.852 bits per heavy atom. The second kappa shape index (κ2) is 12.4. The van der Waals surface area contributed by atoms with Crippen LogP contribution in [0, 0.1) is 0 Å². The van der Waals surface area contributed by atoms with Gasteiger partial charge in [-0.25, -0.2) is 0 Å². The van der Waals surface area contributed by atoms with E-state index in [1.165, 1.54) is 84.1 Å². The number of hydrogen-bond acceptors (Lipinski definition) is 4. The number of methoxy groups -OCH3 is 1. The molecule has 4 nitrogen and oxygen atoms in total. The Morgan fingerprint density at radius 3 is 2.04 bits per heavy atom. The molecule has 3 fully saturated rings. The molecular formula is C23H47N3O. The monoisotopic (exact) mass is 381 g/mol.